The summed E-state index contributed by atoms with van der Waals surface area (Å²) in [6.45, 7) is 4.09. The number of aromatic nitrogens is 3. The number of nitrogens with zero attached hydrogens (tertiary/aromatic N) is 3. The van der Waals surface area contributed by atoms with Gasteiger partial charge in [0.2, 0.25) is 0 Å². The average Bonchev–Trinajstić information content (AvgIpc) is 2.69. The number of aryl methyl sites for hydroxylation is 2. The highest BCUT2D eigenvalue weighted by molar-refractivity contribution is 7.99. The van der Waals surface area contributed by atoms with Crippen LogP contribution >= 0.6 is 11.8 Å². The molecule has 0 aromatic carbocycles. The third kappa shape index (κ3) is 3.35. The Bertz CT molecular complexity index is 578. The highest BCUT2D eigenvalue weighted by atomic mass is 32.2. The molecule has 0 fully saturated rings. The number of carbonyl (C=O) groups is 1. The first-order chi connectivity index (χ1) is 9.10. The van der Waals surface area contributed by atoms with Gasteiger partial charge in [0.15, 0.2) is 0 Å². The predicted molar refractivity (Wildman–Crippen MR) is 72.3 cm³/mol. The summed E-state index contributed by atoms with van der Waals surface area (Å²) in [6, 6.07) is 5.52. The number of hydrogen-bond donors (Lipinski definition) is 0. The SMILES string of the molecule is CCOC(=O)c1ccc(Sc2cc(C)nn2C)nc1. The van der Waals surface area contributed by atoms with Crippen molar-refractivity contribution in [3.63, 3.8) is 0 Å². The zero-order valence-corrected chi connectivity index (χ0v) is 11.9. The normalized spacial score (nSPS) is 10.5. The number of carbonyl (C=O) groups excluding carboxylic acids is 1. The number of esters is 1. The summed E-state index contributed by atoms with van der Waals surface area (Å²) in [7, 11) is 1.89. The summed E-state index contributed by atoms with van der Waals surface area (Å²) >= 11 is 1.51. The second kappa shape index (κ2) is 5.88. The van der Waals surface area contributed by atoms with E-state index in [1.807, 2.05) is 20.0 Å². The number of pyridine rings is 1. The fourth-order valence-electron chi connectivity index (χ4n) is 1.57. The summed E-state index contributed by atoms with van der Waals surface area (Å²) in [6.07, 6.45) is 1.53. The van der Waals surface area contributed by atoms with Gasteiger partial charge < -0.3 is 4.74 Å². The van der Waals surface area contributed by atoms with Gasteiger partial charge >= 0.3 is 5.97 Å². The summed E-state index contributed by atoms with van der Waals surface area (Å²) in [4.78, 5) is 15.7. The molecule has 5 nitrogen and oxygen atoms in total. The average molecular weight is 277 g/mol. The van der Waals surface area contributed by atoms with E-state index in [-0.39, 0.29) is 5.97 Å². The third-order valence-electron chi connectivity index (χ3n) is 2.42. The fourth-order valence-corrected chi connectivity index (χ4v) is 2.42. The smallest absolute Gasteiger partial charge is 0.339 e. The fraction of sp³-hybridized carbons (Fsp3) is 0.308. The van der Waals surface area contributed by atoms with Crippen LogP contribution in [0, 0.1) is 6.92 Å². The van der Waals surface area contributed by atoms with Crippen molar-refractivity contribution in [2.45, 2.75) is 23.9 Å². The molecule has 6 heteroatoms. The first-order valence-corrected chi connectivity index (χ1v) is 6.73. The van der Waals surface area contributed by atoms with Crippen LogP contribution in [0.1, 0.15) is 23.0 Å². The lowest BCUT2D eigenvalue weighted by atomic mass is 10.3. The van der Waals surface area contributed by atoms with Crippen molar-refractivity contribution in [1.82, 2.24) is 14.8 Å². The summed E-state index contributed by atoms with van der Waals surface area (Å²) in [5.74, 6) is -0.345. The quantitative estimate of drug-likeness (QED) is 0.803. The van der Waals surface area contributed by atoms with Gasteiger partial charge in [-0.25, -0.2) is 9.78 Å². The molecule has 0 amide bonds. The van der Waals surface area contributed by atoms with Crippen LogP contribution < -0.4 is 0 Å². The van der Waals surface area contributed by atoms with Crippen molar-refractivity contribution in [1.29, 1.82) is 0 Å². The van der Waals surface area contributed by atoms with E-state index < -0.39 is 0 Å². The van der Waals surface area contributed by atoms with E-state index in [4.69, 9.17) is 4.74 Å². The van der Waals surface area contributed by atoms with Crippen molar-refractivity contribution >= 4 is 17.7 Å². The minimum Gasteiger partial charge on any atom is -0.462 e. The molecule has 0 atom stereocenters. The van der Waals surface area contributed by atoms with E-state index in [0.717, 1.165) is 15.7 Å². The molecule has 0 saturated carbocycles. The topological polar surface area (TPSA) is 57.0 Å². The van der Waals surface area contributed by atoms with E-state index >= 15 is 0 Å². The molecule has 0 saturated heterocycles. The van der Waals surface area contributed by atoms with Gasteiger partial charge in [0.1, 0.15) is 10.1 Å². The van der Waals surface area contributed by atoms with Crippen molar-refractivity contribution < 1.29 is 9.53 Å². The molecule has 0 aliphatic heterocycles. The van der Waals surface area contributed by atoms with Crippen LogP contribution in [0.15, 0.2) is 34.4 Å². The first kappa shape index (κ1) is 13.6. The zero-order valence-electron chi connectivity index (χ0n) is 11.1. The van der Waals surface area contributed by atoms with Gasteiger partial charge in [-0.15, -0.1) is 0 Å². The Balaban J connectivity index is 2.10. The van der Waals surface area contributed by atoms with Crippen LogP contribution in [0.4, 0.5) is 0 Å². The van der Waals surface area contributed by atoms with Crippen molar-refractivity contribution in [3.8, 4) is 0 Å². The van der Waals surface area contributed by atoms with Gasteiger partial charge in [-0.1, -0.05) is 11.8 Å². The van der Waals surface area contributed by atoms with Gasteiger partial charge in [-0.3, -0.25) is 4.68 Å². The predicted octanol–water partition coefficient (Wildman–Crippen LogP) is 2.45. The molecule has 0 spiro atoms. The van der Waals surface area contributed by atoms with E-state index in [9.17, 15) is 4.79 Å². The lowest BCUT2D eigenvalue weighted by Crippen LogP contribution is -2.04. The monoisotopic (exact) mass is 277 g/mol. The van der Waals surface area contributed by atoms with Crippen LogP contribution in [0.2, 0.25) is 0 Å². The Morgan fingerprint density at radius 2 is 2.26 bits per heavy atom. The zero-order chi connectivity index (χ0) is 13.8. The van der Waals surface area contributed by atoms with Crippen molar-refractivity contribution in [2.24, 2.45) is 7.05 Å². The largest absolute Gasteiger partial charge is 0.462 e. The summed E-state index contributed by atoms with van der Waals surface area (Å²) in [5, 5.41) is 6.10. The molecule has 0 unspecified atom stereocenters. The van der Waals surface area contributed by atoms with Crippen LogP contribution in [0.25, 0.3) is 0 Å². The standard InChI is InChI=1S/C13H15N3O2S/c1-4-18-13(17)10-5-6-11(14-8-10)19-12-7-9(2)15-16(12)3/h5-8H,4H2,1-3H3. The molecule has 19 heavy (non-hydrogen) atoms. The number of rotatable bonds is 4. The van der Waals surface area contributed by atoms with E-state index in [1.54, 1.807) is 23.7 Å². The van der Waals surface area contributed by atoms with E-state index in [1.165, 1.54) is 18.0 Å². The molecule has 2 heterocycles. The molecule has 0 N–H and O–H groups in total. The van der Waals surface area contributed by atoms with Crippen LogP contribution in [-0.2, 0) is 11.8 Å². The van der Waals surface area contributed by atoms with Gasteiger partial charge in [0, 0.05) is 13.2 Å². The molecular formula is C13H15N3O2S. The van der Waals surface area contributed by atoms with E-state index in [0.29, 0.717) is 12.2 Å². The van der Waals surface area contributed by atoms with Gasteiger partial charge in [-0.2, -0.15) is 5.10 Å². The molecule has 0 bridgehead atoms. The van der Waals surface area contributed by atoms with Crippen LogP contribution in [0.5, 0.6) is 0 Å². The Morgan fingerprint density at radius 1 is 1.47 bits per heavy atom. The lowest BCUT2D eigenvalue weighted by molar-refractivity contribution is 0.0525. The van der Waals surface area contributed by atoms with Crippen LogP contribution in [0.3, 0.4) is 0 Å². The van der Waals surface area contributed by atoms with Crippen LogP contribution in [-0.4, -0.2) is 27.3 Å². The minimum atomic E-state index is -0.345. The molecule has 0 aliphatic rings. The van der Waals surface area contributed by atoms with E-state index in [2.05, 4.69) is 10.1 Å². The number of ether oxygens (including phenoxy) is 1. The van der Waals surface area contributed by atoms with Crippen molar-refractivity contribution in [2.75, 3.05) is 6.61 Å². The lowest BCUT2D eigenvalue weighted by Gasteiger charge is -2.03. The van der Waals surface area contributed by atoms with Gasteiger partial charge in [0.05, 0.1) is 17.9 Å². The second-order valence-corrected chi connectivity index (χ2v) is 5.00. The second-order valence-electron chi connectivity index (χ2n) is 3.96. The maximum absolute atomic E-state index is 11.5. The molecule has 0 radical (unpaired) electrons. The Hall–Kier alpha value is -1.82. The maximum Gasteiger partial charge on any atom is 0.339 e. The summed E-state index contributed by atoms with van der Waals surface area (Å²) in [5.41, 5.74) is 1.43. The Kier molecular flexibility index (Phi) is 4.21. The third-order valence-corrected chi connectivity index (χ3v) is 3.46. The molecule has 2 aromatic heterocycles. The highest BCUT2D eigenvalue weighted by Gasteiger charge is 2.09. The molecule has 2 rings (SSSR count). The molecule has 2 aromatic rings. The highest BCUT2D eigenvalue weighted by Crippen LogP contribution is 2.26. The maximum atomic E-state index is 11.5. The molecular weight excluding hydrogens is 262 g/mol. The number of hydrogen-bond acceptors (Lipinski definition) is 5. The van der Waals surface area contributed by atoms with Gasteiger partial charge in [0.25, 0.3) is 0 Å². The molecule has 0 aliphatic carbocycles. The Morgan fingerprint density at radius 3 is 2.79 bits per heavy atom. The first-order valence-electron chi connectivity index (χ1n) is 5.92. The minimum absolute atomic E-state index is 0.345. The Labute approximate surface area is 116 Å². The molecule has 100 valence electrons. The van der Waals surface area contributed by atoms with Gasteiger partial charge in [-0.05, 0) is 32.0 Å². The summed E-state index contributed by atoms with van der Waals surface area (Å²) < 4.78 is 6.72. The van der Waals surface area contributed by atoms with Crippen molar-refractivity contribution in [3.05, 3.63) is 35.7 Å².